The van der Waals surface area contributed by atoms with Gasteiger partial charge in [0.25, 0.3) is 0 Å². The number of hydrogen-bond donors (Lipinski definition) is 2. The molecule has 0 aliphatic heterocycles. The van der Waals surface area contributed by atoms with Crippen LogP contribution in [0.1, 0.15) is 17.3 Å². The number of carbonyl (C=O) groups excluding carboxylic acids is 1. The van der Waals surface area contributed by atoms with E-state index in [0.717, 1.165) is 0 Å². The molecule has 0 aliphatic rings. The molecule has 0 spiro atoms. The number of rotatable bonds is 3. The van der Waals surface area contributed by atoms with Gasteiger partial charge in [0.1, 0.15) is 5.56 Å². The topological polar surface area (TPSA) is 98.9 Å². The Kier molecular flexibility index (Phi) is 3.71. The van der Waals surface area contributed by atoms with E-state index in [-0.39, 0.29) is 23.6 Å². The largest absolute Gasteiger partial charge is 0.513 e. The van der Waals surface area contributed by atoms with Gasteiger partial charge in [0.15, 0.2) is 5.75 Å². The summed E-state index contributed by atoms with van der Waals surface area (Å²) in [6, 6.07) is 4.22. The highest BCUT2D eigenvalue weighted by atomic mass is 16.7. The second-order valence-corrected chi connectivity index (χ2v) is 2.81. The molecular weight excluding hydrogens is 214 g/mol. The van der Waals surface area contributed by atoms with Gasteiger partial charge in [0.2, 0.25) is 0 Å². The van der Waals surface area contributed by atoms with Gasteiger partial charge in [0, 0.05) is 5.69 Å². The summed E-state index contributed by atoms with van der Waals surface area (Å²) in [5, 5.41) is 8.88. The van der Waals surface area contributed by atoms with E-state index in [1.54, 1.807) is 6.92 Å². The molecule has 0 bridgehead atoms. The quantitative estimate of drug-likeness (QED) is 0.459. The van der Waals surface area contributed by atoms with Crippen molar-refractivity contribution in [2.75, 3.05) is 12.3 Å². The maximum Gasteiger partial charge on any atom is 0.513 e. The normalized spacial score (nSPS) is 9.56. The highest BCUT2D eigenvalue weighted by molar-refractivity contribution is 5.97. The van der Waals surface area contributed by atoms with Crippen LogP contribution < -0.4 is 10.5 Å². The lowest BCUT2D eigenvalue weighted by atomic mass is 10.1. The van der Waals surface area contributed by atoms with E-state index >= 15 is 0 Å². The molecule has 16 heavy (non-hydrogen) atoms. The van der Waals surface area contributed by atoms with E-state index in [9.17, 15) is 9.59 Å². The van der Waals surface area contributed by atoms with Crippen LogP contribution in [0.2, 0.25) is 0 Å². The lowest BCUT2D eigenvalue weighted by Gasteiger charge is -2.08. The third-order valence-electron chi connectivity index (χ3n) is 1.73. The number of nitrogens with two attached hydrogens (primary N) is 1. The highest BCUT2D eigenvalue weighted by Crippen LogP contribution is 2.24. The molecule has 0 saturated carbocycles. The second kappa shape index (κ2) is 5.01. The molecule has 0 amide bonds. The Morgan fingerprint density at radius 2 is 2.12 bits per heavy atom. The molecule has 0 aromatic heterocycles. The predicted octanol–water partition coefficient (Wildman–Crippen LogP) is 1.50. The summed E-state index contributed by atoms with van der Waals surface area (Å²) in [7, 11) is 0. The average Bonchev–Trinajstić information content (AvgIpc) is 2.17. The Bertz CT molecular complexity index is 416. The standard InChI is InChI=1S/C10H11NO5/c1-2-15-10(14)16-7-5-3-4-6(11)8(7)9(12)13/h3-5H,2,11H2,1H3,(H,12,13). The second-order valence-electron chi connectivity index (χ2n) is 2.81. The van der Waals surface area contributed by atoms with E-state index in [1.807, 2.05) is 0 Å². The molecule has 1 aromatic carbocycles. The minimum absolute atomic E-state index is 0.0225. The molecule has 3 N–H and O–H groups in total. The van der Waals surface area contributed by atoms with Gasteiger partial charge in [-0.1, -0.05) is 6.07 Å². The van der Waals surface area contributed by atoms with Crippen molar-refractivity contribution in [3.05, 3.63) is 23.8 Å². The van der Waals surface area contributed by atoms with Crippen LogP contribution in [0.3, 0.4) is 0 Å². The number of anilines is 1. The van der Waals surface area contributed by atoms with Crippen LogP contribution in [0.15, 0.2) is 18.2 Å². The summed E-state index contributed by atoms with van der Waals surface area (Å²) >= 11 is 0. The van der Waals surface area contributed by atoms with Crippen molar-refractivity contribution in [1.29, 1.82) is 0 Å². The summed E-state index contributed by atoms with van der Waals surface area (Å²) in [6.07, 6.45) is -0.962. The molecular formula is C10H11NO5. The fourth-order valence-electron chi connectivity index (χ4n) is 1.10. The lowest BCUT2D eigenvalue weighted by molar-refractivity contribution is 0.0691. The van der Waals surface area contributed by atoms with E-state index in [4.69, 9.17) is 15.6 Å². The van der Waals surface area contributed by atoms with E-state index < -0.39 is 12.1 Å². The van der Waals surface area contributed by atoms with Gasteiger partial charge in [-0.25, -0.2) is 9.59 Å². The number of hydrogen-bond acceptors (Lipinski definition) is 5. The van der Waals surface area contributed by atoms with Crippen molar-refractivity contribution in [3.63, 3.8) is 0 Å². The zero-order valence-electron chi connectivity index (χ0n) is 8.60. The monoisotopic (exact) mass is 225 g/mol. The molecule has 6 nitrogen and oxygen atoms in total. The first-order valence-corrected chi connectivity index (χ1v) is 4.52. The molecule has 0 fully saturated rings. The van der Waals surface area contributed by atoms with Gasteiger partial charge >= 0.3 is 12.1 Å². The maximum absolute atomic E-state index is 11.0. The van der Waals surface area contributed by atoms with Crippen LogP contribution in [0.4, 0.5) is 10.5 Å². The summed E-state index contributed by atoms with van der Waals surface area (Å²) in [5.74, 6) is -1.40. The molecule has 6 heteroatoms. The number of benzene rings is 1. The minimum atomic E-state index is -1.27. The summed E-state index contributed by atoms with van der Waals surface area (Å²) in [4.78, 5) is 21.9. The Morgan fingerprint density at radius 1 is 1.44 bits per heavy atom. The number of aromatic carboxylic acids is 1. The molecule has 0 heterocycles. The smallest absolute Gasteiger partial charge is 0.477 e. The molecule has 0 saturated heterocycles. The molecule has 86 valence electrons. The number of nitrogen functional groups attached to an aromatic ring is 1. The number of ether oxygens (including phenoxy) is 2. The van der Waals surface area contributed by atoms with Crippen molar-refractivity contribution in [3.8, 4) is 5.75 Å². The summed E-state index contributed by atoms with van der Waals surface area (Å²) in [5.41, 5.74) is 5.23. The SMILES string of the molecule is CCOC(=O)Oc1cccc(N)c1C(=O)O. The zero-order chi connectivity index (χ0) is 12.1. The van der Waals surface area contributed by atoms with Gasteiger partial charge < -0.3 is 20.3 Å². The fourth-order valence-corrected chi connectivity index (χ4v) is 1.10. The van der Waals surface area contributed by atoms with Crippen LogP contribution in [0, 0.1) is 0 Å². The van der Waals surface area contributed by atoms with Crippen LogP contribution in [-0.2, 0) is 4.74 Å². The van der Waals surface area contributed by atoms with Gasteiger partial charge in [-0.15, -0.1) is 0 Å². The highest BCUT2D eigenvalue weighted by Gasteiger charge is 2.17. The number of carbonyl (C=O) groups is 2. The molecule has 0 unspecified atom stereocenters. The first-order valence-electron chi connectivity index (χ1n) is 4.52. The molecule has 0 radical (unpaired) electrons. The van der Waals surface area contributed by atoms with Crippen molar-refractivity contribution in [2.24, 2.45) is 0 Å². The Balaban J connectivity index is 3.00. The van der Waals surface area contributed by atoms with Crippen molar-refractivity contribution >= 4 is 17.8 Å². The van der Waals surface area contributed by atoms with Crippen LogP contribution >= 0.6 is 0 Å². The molecule has 1 rings (SSSR count). The van der Waals surface area contributed by atoms with Crippen molar-refractivity contribution in [2.45, 2.75) is 6.92 Å². The van der Waals surface area contributed by atoms with Crippen molar-refractivity contribution in [1.82, 2.24) is 0 Å². The third kappa shape index (κ3) is 2.63. The Hall–Kier alpha value is -2.24. The fraction of sp³-hybridized carbons (Fsp3) is 0.200. The molecule has 0 atom stereocenters. The van der Waals surface area contributed by atoms with E-state index in [0.29, 0.717) is 0 Å². The van der Waals surface area contributed by atoms with Gasteiger partial charge in [0.05, 0.1) is 6.61 Å². The van der Waals surface area contributed by atoms with Gasteiger partial charge in [-0.05, 0) is 19.1 Å². The molecule has 1 aromatic rings. The first kappa shape index (κ1) is 11.8. The Morgan fingerprint density at radius 3 is 2.69 bits per heavy atom. The zero-order valence-corrected chi connectivity index (χ0v) is 8.60. The summed E-state index contributed by atoms with van der Waals surface area (Å²) in [6.45, 7) is 1.75. The first-order chi connectivity index (χ1) is 7.56. The number of carboxylic acid groups (broad SMARTS) is 1. The van der Waals surface area contributed by atoms with E-state index in [1.165, 1.54) is 18.2 Å². The van der Waals surface area contributed by atoms with Crippen LogP contribution in [0.5, 0.6) is 5.75 Å². The third-order valence-corrected chi connectivity index (χ3v) is 1.73. The van der Waals surface area contributed by atoms with Crippen LogP contribution in [-0.4, -0.2) is 23.8 Å². The Labute approximate surface area is 91.6 Å². The van der Waals surface area contributed by atoms with Crippen molar-refractivity contribution < 1.29 is 24.2 Å². The van der Waals surface area contributed by atoms with Gasteiger partial charge in [-0.3, -0.25) is 0 Å². The maximum atomic E-state index is 11.0. The predicted molar refractivity (Wildman–Crippen MR) is 55.5 cm³/mol. The number of carboxylic acids is 1. The molecule has 0 aliphatic carbocycles. The van der Waals surface area contributed by atoms with Crippen LogP contribution in [0.25, 0.3) is 0 Å². The van der Waals surface area contributed by atoms with E-state index in [2.05, 4.69) is 4.74 Å². The average molecular weight is 225 g/mol. The minimum Gasteiger partial charge on any atom is -0.477 e. The lowest BCUT2D eigenvalue weighted by Crippen LogP contribution is -2.13. The summed E-state index contributed by atoms with van der Waals surface area (Å²) < 4.78 is 9.23. The van der Waals surface area contributed by atoms with Gasteiger partial charge in [-0.2, -0.15) is 0 Å².